The van der Waals surface area contributed by atoms with Crippen LogP contribution in [0, 0.1) is 0 Å². The number of carbonyl (C=O) groups is 1. The summed E-state index contributed by atoms with van der Waals surface area (Å²) in [4.78, 5) is 11.2. The van der Waals surface area contributed by atoms with Gasteiger partial charge in [-0.2, -0.15) is 0 Å². The van der Waals surface area contributed by atoms with Crippen LogP contribution in [0.4, 0.5) is 0 Å². The Hall–Kier alpha value is -1.60. The third kappa shape index (κ3) is 3.05. The minimum absolute atomic E-state index is 0.0462. The Morgan fingerprint density at radius 3 is 2.53 bits per heavy atom. The van der Waals surface area contributed by atoms with Crippen LogP contribution in [0.2, 0.25) is 0 Å². The lowest BCUT2D eigenvalue weighted by atomic mass is 10.3. The molecule has 0 amide bonds. The van der Waals surface area contributed by atoms with Crippen molar-refractivity contribution in [2.45, 2.75) is 24.8 Å². The van der Waals surface area contributed by atoms with Gasteiger partial charge in [-0.15, -0.1) is 0 Å². The molecule has 1 atom stereocenters. The Morgan fingerprint density at radius 1 is 1.26 bits per heavy atom. The fourth-order valence-corrected chi connectivity index (χ4v) is 2.85. The zero-order valence-electron chi connectivity index (χ0n) is 10.7. The molecule has 19 heavy (non-hydrogen) atoms. The number of rotatable bonds is 4. The lowest BCUT2D eigenvalue weighted by Gasteiger charge is -2.19. The second-order valence-electron chi connectivity index (χ2n) is 4.26. The molecule has 0 aliphatic carbocycles. The van der Waals surface area contributed by atoms with Gasteiger partial charge in [-0.25, -0.2) is 13.1 Å². The molecule has 0 fully saturated rings. The highest BCUT2D eigenvalue weighted by Crippen LogP contribution is 2.32. The number of hydrogen-bond acceptors (Lipinski definition) is 5. The Morgan fingerprint density at radius 2 is 1.89 bits per heavy atom. The van der Waals surface area contributed by atoms with Crippen LogP contribution in [0.5, 0.6) is 11.5 Å². The summed E-state index contributed by atoms with van der Waals surface area (Å²) >= 11 is 0. The molecule has 0 aromatic heterocycles. The molecule has 1 heterocycles. The summed E-state index contributed by atoms with van der Waals surface area (Å²) in [5.41, 5.74) is 0. The second kappa shape index (κ2) is 5.18. The van der Waals surface area contributed by atoms with Gasteiger partial charge in [-0.3, -0.25) is 4.79 Å². The van der Waals surface area contributed by atoms with E-state index in [0.29, 0.717) is 24.7 Å². The number of Topliss-reactive ketones (excluding diaryl/α,β-unsaturated/α-hetero) is 1. The van der Waals surface area contributed by atoms with E-state index in [1.54, 1.807) is 6.07 Å². The largest absolute Gasteiger partial charge is 0.486 e. The van der Waals surface area contributed by atoms with Gasteiger partial charge in [0.05, 0.1) is 10.9 Å². The van der Waals surface area contributed by atoms with Crippen molar-refractivity contribution in [3.8, 4) is 11.5 Å². The standard InChI is InChI=1S/C12H15NO5S/c1-8(9(2)14)13-19(15,16)10-3-4-11-12(7-10)18-6-5-17-11/h3-4,7-8,13H,5-6H2,1-2H3. The topological polar surface area (TPSA) is 81.7 Å². The monoisotopic (exact) mass is 285 g/mol. The Kier molecular flexibility index (Phi) is 3.77. The van der Waals surface area contributed by atoms with Gasteiger partial charge in [0.15, 0.2) is 11.5 Å². The molecule has 0 spiro atoms. The average Bonchev–Trinajstić information content (AvgIpc) is 2.37. The number of sulfonamides is 1. The molecule has 0 saturated carbocycles. The zero-order chi connectivity index (χ0) is 14.0. The minimum atomic E-state index is -3.74. The zero-order valence-corrected chi connectivity index (χ0v) is 11.5. The van der Waals surface area contributed by atoms with Gasteiger partial charge < -0.3 is 9.47 Å². The summed E-state index contributed by atoms with van der Waals surface area (Å²) in [6, 6.07) is 3.59. The molecular weight excluding hydrogens is 270 g/mol. The summed E-state index contributed by atoms with van der Waals surface area (Å²) in [5.74, 6) is 0.663. The van der Waals surface area contributed by atoms with Gasteiger partial charge in [0.2, 0.25) is 10.0 Å². The Balaban J connectivity index is 2.28. The lowest BCUT2D eigenvalue weighted by Crippen LogP contribution is -2.37. The summed E-state index contributed by atoms with van der Waals surface area (Å²) < 4.78 is 37.1. The predicted octanol–water partition coefficient (Wildman–Crippen LogP) is 0.714. The van der Waals surface area contributed by atoms with Crippen LogP contribution in [-0.2, 0) is 14.8 Å². The van der Waals surface area contributed by atoms with Gasteiger partial charge in [0.25, 0.3) is 0 Å². The third-order valence-corrected chi connectivity index (χ3v) is 4.30. The van der Waals surface area contributed by atoms with Crippen molar-refractivity contribution in [3.05, 3.63) is 18.2 Å². The molecule has 104 valence electrons. The van der Waals surface area contributed by atoms with Crippen molar-refractivity contribution in [1.82, 2.24) is 4.72 Å². The van der Waals surface area contributed by atoms with Crippen LogP contribution in [0.1, 0.15) is 13.8 Å². The molecule has 1 aromatic rings. The molecule has 0 radical (unpaired) electrons. The van der Waals surface area contributed by atoms with E-state index in [-0.39, 0.29) is 10.7 Å². The van der Waals surface area contributed by atoms with Crippen LogP contribution in [0.25, 0.3) is 0 Å². The van der Waals surface area contributed by atoms with Gasteiger partial charge in [0.1, 0.15) is 19.0 Å². The predicted molar refractivity (Wildman–Crippen MR) is 67.9 cm³/mol. The van der Waals surface area contributed by atoms with Crippen LogP contribution >= 0.6 is 0 Å². The molecule has 6 nitrogen and oxygen atoms in total. The summed E-state index contributed by atoms with van der Waals surface area (Å²) in [7, 11) is -3.74. The molecular formula is C12H15NO5S. The number of benzene rings is 1. The summed E-state index contributed by atoms with van der Waals surface area (Å²) in [6.45, 7) is 3.65. The quantitative estimate of drug-likeness (QED) is 0.881. The smallest absolute Gasteiger partial charge is 0.241 e. The first kappa shape index (κ1) is 13.8. The number of nitrogens with one attached hydrogen (secondary N) is 1. The van der Waals surface area contributed by atoms with E-state index in [4.69, 9.17) is 9.47 Å². The number of carbonyl (C=O) groups excluding carboxylic acids is 1. The second-order valence-corrected chi connectivity index (χ2v) is 5.97. The fourth-order valence-electron chi connectivity index (χ4n) is 1.57. The van der Waals surface area contributed by atoms with Gasteiger partial charge in [0, 0.05) is 6.07 Å². The first-order chi connectivity index (χ1) is 8.90. The molecule has 1 aromatic carbocycles. The molecule has 1 unspecified atom stereocenters. The number of ether oxygens (including phenoxy) is 2. The number of ketones is 1. The summed E-state index contributed by atoms with van der Waals surface area (Å²) in [6.07, 6.45) is 0. The highest BCUT2D eigenvalue weighted by atomic mass is 32.2. The van der Waals surface area contributed by atoms with E-state index >= 15 is 0 Å². The molecule has 0 bridgehead atoms. The molecule has 2 rings (SSSR count). The summed E-state index contributed by atoms with van der Waals surface area (Å²) in [5, 5.41) is 0. The molecule has 0 saturated heterocycles. The van der Waals surface area contributed by atoms with E-state index in [1.165, 1.54) is 26.0 Å². The Bertz CT molecular complexity index is 596. The number of fused-ring (bicyclic) bond motifs is 1. The van der Waals surface area contributed by atoms with E-state index in [0.717, 1.165) is 0 Å². The molecule has 1 N–H and O–H groups in total. The molecule has 7 heteroatoms. The van der Waals surface area contributed by atoms with Crippen molar-refractivity contribution in [2.75, 3.05) is 13.2 Å². The fraction of sp³-hybridized carbons (Fsp3) is 0.417. The van der Waals surface area contributed by atoms with Crippen LogP contribution in [0.15, 0.2) is 23.1 Å². The van der Waals surface area contributed by atoms with Crippen LogP contribution < -0.4 is 14.2 Å². The highest BCUT2D eigenvalue weighted by Gasteiger charge is 2.22. The van der Waals surface area contributed by atoms with Crippen molar-refractivity contribution in [3.63, 3.8) is 0 Å². The van der Waals surface area contributed by atoms with Crippen molar-refractivity contribution < 1.29 is 22.7 Å². The normalized spacial score (nSPS) is 15.9. The third-order valence-electron chi connectivity index (χ3n) is 2.77. The minimum Gasteiger partial charge on any atom is -0.486 e. The number of hydrogen-bond donors (Lipinski definition) is 1. The Labute approximate surface area is 111 Å². The van der Waals surface area contributed by atoms with Gasteiger partial charge in [-0.05, 0) is 26.0 Å². The maximum Gasteiger partial charge on any atom is 0.241 e. The van der Waals surface area contributed by atoms with E-state index < -0.39 is 16.1 Å². The highest BCUT2D eigenvalue weighted by molar-refractivity contribution is 7.89. The maximum atomic E-state index is 12.1. The van der Waals surface area contributed by atoms with Crippen molar-refractivity contribution in [2.24, 2.45) is 0 Å². The first-order valence-corrected chi connectivity index (χ1v) is 7.31. The van der Waals surface area contributed by atoms with Crippen LogP contribution in [-0.4, -0.2) is 33.5 Å². The van der Waals surface area contributed by atoms with Gasteiger partial charge >= 0.3 is 0 Å². The molecule has 1 aliphatic rings. The van der Waals surface area contributed by atoms with E-state index in [2.05, 4.69) is 4.72 Å². The van der Waals surface area contributed by atoms with Crippen LogP contribution in [0.3, 0.4) is 0 Å². The van der Waals surface area contributed by atoms with Crippen molar-refractivity contribution in [1.29, 1.82) is 0 Å². The van der Waals surface area contributed by atoms with E-state index in [9.17, 15) is 13.2 Å². The van der Waals surface area contributed by atoms with E-state index in [1.807, 2.05) is 0 Å². The first-order valence-electron chi connectivity index (χ1n) is 5.82. The molecule has 1 aliphatic heterocycles. The average molecular weight is 285 g/mol. The maximum absolute atomic E-state index is 12.1. The lowest BCUT2D eigenvalue weighted by molar-refractivity contribution is -0.118. The van der Waals surface area contributed by atoms with Gasteiger partial charge in [-0.1, -0.05) is 0 Å². The van der Waals surface area contributed by atoms with Crippen molar-refractivity contribution >= 4 is 15.8 Å². The SMILES string of the molecule is CC(=O)C(C)NS(=O)(=O)c1ccc2c(c1)OCCO2.